The number of halogens is 1. The van der Waals surface area contributed by atoms with Crippen LogP contribution in [0.15, 0.2) is 36.4 Å². The summed E-state index contributed by atoms with van der Waals surface area (Å²) in [7, 11) is 0. The number of aryl methyl sites for hydroxylation is 3. The monoisotopic (exact) mass is 431 g/mol. The van der Waals surface area contributed by atoms with E-state index in [-0.39, 0.29) is 18.3 Å². The Morgan fingerprint density at radius 1 is 0.966 bits per heavy atom. The lowest BCUT2D eigenvalue weighted by Gasteiger charge is -2.24. The minimum absolute atomic E-state index is 0. The van der Waals surface area contributed by atoms with Gasteiger partial charge in [-0.2, -0.15) is 0 Å². The lowest BCUT2D eigenvalue weighted by atomic mass is 10.1. The molecule has 3 aromatic rings. The van der Waals surface area contributed by atoms with Crippen LogP contribution in [-0.2, 0) is 0 Å². The Morgan fingerprint density at radius 2 is 1.62 bits per heavy atom. The van der Waals surface area contributed by atoms with Crippen molar-refractivity contribution in [1.82, 2.24) is 9.88 Å². The number of likely N-dealkylation sites (N-methyl/N-ethyl adjacent to an activating group) is 1. The molecule has 2 aromatic carbocycles. The first kappa shape index (κ1) is 23.3. The van der Waals surface area contributed by atoms with Gasteiger partial charge in [0.05, 0.1) is 10.2 Å². The number of carbonyl (C=O) groups excluding carboxylic acids is 1. The Hall–Kier alpha value is -1.95. The van der Waals surface area contributed by atoms with Gasteiger partial charge in [0, 0.05) is 18.7 Å². The van der Waals surface area contributed by atoms with E-state index in [0.717, 1.165) is 46.1 Å². The molecule has 156 valence electrons. The number of aromatic nitrogens is 1. The molecule has 1 heterocycles. The van der Waals surface area contributed by atoms with Crippen molar-refractivity contribution in [3.05, 3.63) is 58.7 Å². The first-order chi connectivity index (χ1) is 13.4. The quantitative estimate of drug-likeness (QED) is 0.486. The van der Waals surface area contributed by atoms with E-state index < -0.39 is 0 Å². The van der Waals surface area contributed by atoms with E-state index >= 15 is 0 Å². The van der Waals surface area contributed by atoms with Crippen molar-refractivity contribution in [1.29, 1.82) is 0 Å². The average molecular weight is 432 g/mol. The van der Waals surface area contributed by atoms with Gasteiger partial charge in [0.25, 0.3) is 5.91 Å². The summed E-state index contributed by atoms with van der Waals surface area (Å²) in [6.07, 6.45) is 0. The Balaban J connectivity index is 0.00000300. The fourth-order valence-corrected chi connectivity index (χ4v) is 4.56. The maximum atomic E-state index is 13.3. The molecule has 0 atom stereocenters. The zero-order valence-electron chi connectivity index (χ0n) is 17.9. The van der Waals surface area contributed by atoms with Gasteiger partial charge in [-0.25, -0.2) is 4.98 Å². The second-order valence-electron chi connectivity index (χ2n) is 7.27. The molecule has 29 heavy (non-hydrogen) atoms. The number of amides is 1. The van der Waals surface area contributed by atoms with Crippen molar-refractivity contribution >= 4 is 45.0 Å². The second kappa shape index (κ2) is 10.2. The lowest BCUT2D eigenvalue weighted by Crippen LogP contribution is -2.38. The minimum Gasteiger partial charge on any atom is -0.302 e. The molecule has 0 aliphatic heterocycles. The molecule has 3 rings (SSSR count). The van der Waals surface area contributed by atoms with Crippen molar-refractivity contribution < 1.29 is 4.79 Å². The number of thiazole rings is 1. The summed E-state index contributed by atoms with van der Waals surface area (Å²) in [5.74, 6) is 0.0144. The van der Waals surface area contributed by atoms with Gasteiger partial charge in [-0.1, -0.05) is 48.9 Å². The van der Waals surface area contributed by atoms with Gasteiger partial charge in [0.15, 0.2) is 5.13 Å². The normalized spacial score (nSPS) is 11.0. The Kier molecular flexibility index (Phi) is 8.20. The summed E-state index contributed by atoms with van der Waals surface area (Å²) in [4.78, 5) is 22.4. The molecule has 0 radical (unpaired) electrons. The smallest absolute Gasteiger partial charge is 0.260 e. The first-order valence-electron chi connectivity index (χ1n) is 9.91. The summed E-state index contributed by atoms with van der Waals surface area (Å²) < 4.78 is 1.14. The van der Waals surface area contributed by atoms with Gasteiger partial charge in [-0.05, 0) is 63.2 Å². The van der Waals surface area contributed by atoms with Gasteiger partial charge in [-0.15, -0.1) is 12.4 Å². The predicted molar refractivity (Wildman–Crippen MR) is 127 cm³/mol. The molecule has 0 N–H and O–H groups in total. The summed E-state index contributed by atoms with van der Waals surface area (Å²) in [6.45, 7) is 13.9. The second-order valence-corrected chi connectivity index (χ2v) is 8.28. The zero-order valence-corrected chi connectivity index (χ0v) is 19.5. The summed E-state index contributed by atoms with van der Waals surface area (Å²) >= 11 is 1.60. The van der Waals surface area contributed by atoms with E-state index in [1.54, 1.807) is 11.3 Å². The van der Waals surface area contributed by atoms with Gasteiger partial charge in [0.1, 0.15) is 0 Å². The van der Waals surface area contributed by atoms with Gasteiger partial charge < -0.3 is 4.90 Å². The standard InChI is InChI=1S/C23H29N3OS.ClH/c1-6-25(7-2)12-13-26(22(27)19-10-8-16(3)9-11-19)23-24-21-18(5)14-17(4)15-20(21)28-23;/h8-11,14-15H,6-7,12-13H2,1-5H3;1H. The van der Waals surface area contributed by atoms with Crippen molar-refractivity contribution in [2.75, 3.05) is 31.1 Å². The topological polar surface area (TPSA) is 36.4 Å². The molecule has 1 amide bonds. The maximum Gasteiger partial charge on any atom is 0.260 e. The first-order valence-corrected chi connectivity index (χ1v) is 10.7. The Labute approximate surface area is 184 Å². The van der Waals surface area contributed by atoms with E-state index in [4.69, 9.17) is 4.98 Å². The van der Waals surface area contributed by atoms with Crippen molar-refractivity contribution in [3.8, 4) is 0 Å². The van der Waals surface area contributed by atoms with Gasteiger partial charge >= 0.3 is 0 Å². The molecule has 6 heteroatoms. The van der Waals surface area contributed by atoms with Crippen LogP contribution in [0, 0.1) is 20.8 Å². The van der Waals surface area contributed by atoms with Crippen LogP contribution in [-0.4, -0.2) is 42.0 Å². The van der Waals surface area contributed by atoms with E-state index in [9.17, 15) is 4.79 Å². The number of hydrogen-bond donors (Lipinski definition) is 0. The third-order valence-corrected chi connectivity index (χ3v) is 6.15. The van der Waals surface area contributed by atoms with Crippen LogP contribution in [0.2, 0.25) is 0 Å². The van der Waals surface area contributed by atoms with E-state index in [1.165, 1.54) is 5.56 Å². The Morgan fingerprint density at radius 3 is 2.24 bits per heavy atom. The number of nitrogens with zero attached hydrogens (tertiary/aromatic N) is 3. The van der Waals surface area contributed by atoms with Crippen LogP contribution >= 0.6 is 23.7 Å². The minimum atomic E-state index is 0. The molecule has 0 bridgehead atoms. The molecule has 4 nitrogen and oxygen atoms in total. The Bertz CT molecular complexity index is 964. The highest BCUT2D eigenvalue weighted by Gasteiger charge is 2.22. The van der Waals surface area contributed by atoms with Gasteiger partial charge in [-0.3, -0.25) is 9.69 Å². The molecule has 0 saturated heterocycles. The number of hydrogen-bond acceptors (Lipinski definition) is 4. The lowest BCUT2D eigenvalue weighted by molar-refractivity contribution is 0.0984. The summed E-state index contributed by atoms with van der Waals surface area (Å²) in [5.41, 5.74) is 5.23. The fourth-order valence-electron chi connectivity index (χ4n) is 3.39. The van der Waals surface area contributed by atoms with Crippen molar-refractivity contribution in [2.45, 2.75) is 34.6 Å². The van der Waals surface area contributed by atoms with Crippen LogP contribution in [0.5, 0.6) is 0 Å². The van der Waals surface area contributed by atoms with Gasteiger partial charge in [0.2, 0.25) is 0 Å². The molecule has 0 spiro atoms. The number of benzene rings is 2. The third kappa shape index (κ3) is 5.35. The van der Waals surface area contributed by atoms with Crippen LogP contribution in [0.1, 0.15) is 40.9 Å². The highest BCUT2D eigenvalue weighted by Crippen LogP contribution is 2.32. The molecule has 1 aromatic heterocycles. The number of anilines is 1. The van der Waals surface area contributed by atoms with Crippen LogP contribution in [0.25, 0.3) is 10.2 Å². The molecule has 0 unspecified atom stereocenters. The fraction of sp³-hybridized carbons (Fsp3) is 0.391. The highest BCUT2D eigenvalue weighted by atomic mass is 35.5. The van der Waals surface area contributed by atoms with Crippen LogP contribution in [0.3, 0.4) is 0 Å². The predicted octanol–water partition coefficient (Wildman–Crippen LogP) is 5.63. The zero-order chi connectivity index (χ0) is 20.3. The SMILES string of the molecule is CCN(CC)CCN(C(=O)c1ccc(C)cc1)c1nc2c(C)cc(C)cc2s1.Cl. The van der Waals surface area contributed by atoms with E-state index in [2.05, 4.69) is 44.7 Å². The van der Waals surface area contributed by atoms with E-state index in [1.807, 2.05) is 36.1 Å². The maximum absolute atomic E-state index is 13.3. The number of carbonyl (C=O) groups is 1. The molecular weight excluding hydrogens is 402 g/mol. The summed E-state index contributed by atoms with van der Waals surface area (Å²) in [5, 5.41) is 0.779. The molecule has 0 fully saturated rings. The van der Waals surface area contributed by atoms with Crippen molar-refractivity contribution in [3.63, 3.8) is 0 Å². The number of rotatable bonds is 7. The van der Waals surface area contributed by atoms with Crippen LogP contribution in [0.4, 0.5) is 5.13 Å². The van der Waals surface area contributed by atoms with Crippen molar-refractivity contribution in [2.24, 2.45) is 0 Å². The average Bonchev–Trinajstić information content (AvgIpc) is 3.09. The molecular formula is C23H30ClN3OS. The largest absolute Gasteiger partial charge is 0.302 e. The third-order valence-electron chi connectivity index (χ3n) is 5.13. The molecule has 0 aliphatic rings. The molecule has 0 aliphatic carbocycles. The highest BCUT2D eigenvalue weighted by molar-refractivity contribution is 7.22. The van der Waals surface area contributed by atoms with E-state index in [0.29, 0.717) is 12.1 Å². The number of fused-ring (bicyclic) bond motifs is 1. The van der Waals surface area contributed by atoms with Crippen LogP contribution < -0.4 is 4.90 Å². The summed E-state index contributed by atoms with van der Waals surface area (Å²) in [6, 6.07) is 12.1. The molecule has 0 saturated carbocycles.